The monoisotopic (exact) mass is 273 g/mol. The van der Waals surface area contributed by atoms with Gasteiger partial charge in [0.15, 0.2) is 0 Å². The summed E-state index contributed by atoms with van der Waals surface area (Å²) in [6, 6.07) is -0.434. The van der Waals surface area contributed by atoms with Crippen LogP contribution in [0.2, 0.25) is 0 Å². The summed E-state index contributed by atoms with van der Waals surface area (Å²) in [7, 11) is 5.56. The number of carbonyl (C=O) groups excluding carboxylic acids is 1. The van der Waals surface area contributed by atoms with Gasteiger partial charge in [0.05, 0.1) is 12.1 Å². The number of nitrogens with zero attached hydrogens (tertiary/aromatic N) is 2. The standard InChI is InChI=1S/C13H27N3O3/c1-15(2)8-10-7-11(17)9-16(10)13(18)12(14)5-4-6-19-3/h10-12,17H,4-9,14H2,1-3H3. The first-order valence-corrected chi connectivity index (χ1v) is 6.83. The molecule has 1 aliphatic heterocycles. The van der Waals surface area contributed by atoms with Crippen molar-refractivity contribution >= 4 is 5.91 Å². The number of likely N-dealkylation sites (tertiary alicyclic amines) is 1. The van der Waals surface area contributed by atoms with Gasteiger partial charge in [-0.25, -0.2) is 0 Å². The minimum Gasteiger partial charge on any atom is -0.391 e. The highest BCUT2D eigenvalue weighted by molar-refractivity contribution is 5.82. The van der Waals surface area contributed by atoms with Crippen LogP contribution in [0.4, 0.5) is 0 Å². The Hall–Kier alpha value is -0.690. The molecule has 1 amide bonds. The molecule has 0 radical (unpaired) electrons. The second kappa shape index (κ2) is 7.79. The van der Waals surface area contributed by atoms with Gasteiger partial charge in [-0.1, -0.05) is 0 Å². The third kappa shape index (κ3) is 5.06. The van der Waals surface area contributed by atoms with E-state index >= 15 is 0 Å². The highest BCUT2D eigenvalue weighted by Gasteiger charge is 2.36. The number of β-amino-alcohol motifs (C(OH)–C–C–N with tert-alkyl or cyclic N) is 1. The number of aliphatic hydroxyl groups excluding tert-OH is 1. The normalized spacial score (nSPS) is 25.1. The summed E-state index contributed by atoms with van der Waals surface area (Å²) in [4.78, 5) is 16.1. The lowest BCUT2D eigenvalue weighted by molar-refractivity contribution is -0.134. The summed E-state index contributed by atoms with van der Waals surface area (Å²) in [6.45, 7) is 1.77. The van der Waals surface area contributed by atoms with E-state index in [-0.39, 0.29) is 11.9 Å². The van der Waals surface area contributed by atoms with E-state index in [1.165, 1.54) is 0 Å². The zero-order chi connectivity index (χ0) is 14.4. The second-order valence-corrected chi connectivity index (χ2v) is 5.54. The first kappa shape index (κ1) is 16.4. The number of likely N-dealkylation sites (N-methyl/N-ethyl adjacent to an activating group) is 1. The average molecular weight is 273 g/mol. The van der Waals surface area contributed by atoms with Crippen LogP contribution >= 0.6 is 0 Å². The van der Waals surface area contributed by atoms with E-state index in [9.17, 15) is 9.90 Å². The van der Waals surface area contributed by atoms with Crippen molar-refractivity contribution in [2.45, 2.75) is 37.5 Å². The van der Waals surface area contributed by atoms with Crippen LogP contribution in [0.1, 0.15) is 19.3 Å². The van der Waals surface area contributed by atoms with Crippen LogP contribution in [0, 0.1) is 0 Å². The maximum Gasteiger partial charge on any atom is 0.239 e. The predicted molar refractivity (Wildman–Crippen MR) is 73.8 cm³/mol. The van der Waals surface area contributed by atoms with Crippen molar-refractivity contribution in [3.8, 4) is 0 Å². The molecule has 0 spiro atoms. The summed E-state index contributed by atoms with van der Waals surface area (Å²) >= 11 is 0. The SMILES string of the molecule is COCCCC(N)C(=O)N1CC(O)CC1CN(C)C. The molecule has 6 nitrogen and oxygen atoms in total. The van der Waals surface area contributed by atoms with E-state index < -0.39 is 12.1 Å². The van der Waals surface area contributed by atoms with Gasteiger partial charge in [0.1, 0.15) is 0 Å². The van der Waals surface area contributed by atoms with Crippen LogP contribution in [0.15, 0.2) is 0 Å². The molecule has 6 heteroatoms. The Balaban J connectivity index is 2.52. The molecule has 0 aromatic carbocycles. The Morgan fingerprint density at radius 3 is 2.84 bits per heavy atom. The number of rotatable bonds is 7. The molecule has 1 aliphatic rings. The molecule has 1 saturated heterocycles. The number of ether oxygens (including phenoxy) is 1. The lowest BCUT2D eigenvalue weighted by atomic mass is 10.1. The number of hydrogen-bond donors (Lipinski definition) is 2. The van der Waals surface area contributed by atoms with Crippen molar-refractivity contribution in [1.29, 1.82) is 0 Å². The molecule has 3 unspecified atom stereocenters. The number of carbonyl (C=O) groups is 1. The van der Waals surface area contributed by atoms with Crippen LogP contribution in [0.3, 0.4) is 0 Å². The number of hydrogen-bond acceptors (Lipinski definition) is 5. The lowest BCUT2D eigenvalue weighted by Gasteiger charge is -2.29. The molecule has 3 atom stereocenters. The predicted octanol–water partition coefficient (Wildman–Crippen LogP) is -0.736. The fourth-order valence-electron chi connectivity index (χ4n) is 2.54. The van der Waals surface area contributed by atoms with E-state index in [0.717, 1.165) is 13.0 Å². The van der Waals surface area contributed by atoms with Crippen LogP contribution < -0.4 is 5.73 Å². The summed E-state index contributed by atoms with van der Waals surface area (Å²) in [5.41, 5.74) is 5.93. The van der Waals surface area contributed by atoms with Crippen molar-refractivity contribution in [2.75, 3.05) is 40.9 Å². The zero-order valence-corrected chi connectivity index (χ0v) is 12.2. The van der Waals surface area contributed by atoms with Crippen molar-refractivity contribution in [3.05, 3.63) is 0 Å². The van der Waals surface area contributed by atoms with Crippen molar-refractivity contribution in [3.63, 3.8) is 0 Å². The van der Waals surface area contributed by atoms with E-state index in [2.05, 4.69) is 0 Å². The molecule has 1 fully saturated rings. The number of aliphatic hydroxyl groups is 1. The molecule has 0 bridgehead atoms. The van der Waals surface area contributed by atoms with Crippen LogP contribution in [-0.2, 0) is 9.53 Å². The van der Waals surface area contributed by atoms with Gasteiger partial charge >= 0.3 is 0 Å². The minimum absolute atomic E-state index is 0.0560. The summed E-state index contributed by atoms with van der Waals surface area (Å²) in [5.74, 6) is -0.0560. The third-order valence-corrected chi connectivity index (χ3v) is 3.43. The highest BCUT2D eigenvalue weighted by Crippen LogP contribution is 2.20. The van der Waals surface area contributed by atoms with Gasteiger partial charge in [-0.05, 0) is 33.4 Å². The molecule has 0 aliphatic carbocycles. The number of methoxy groups -OCH3 is 1. The summed E-state index contributed by atoms with van der Waals surface area (Å²) < 4.78 is 4.96. The molecule has 19 heavy (non-hydrogen) atoms. The topological polar surface area (TPSA) is 79.0 Å². The Morgan fingerprint density at radius 1 is 1.58 bits per heavy atom. The Morgan fingerprint density at radius 2 is 2.26 bits per heavy atom. The molecule has 0 aromatic rings. The highest BCUT2D eigenvalue weighted by atomic mass is 16.5. The number of amides is 1. The van der Waals surface area contributed by atoms with Crippen molar-refractivity contribution in [2.24, 2.45) is 5.73 Å². The zero-order valence-electron chi connectivity index (χ0n) is 12.2. The van der Waals surface area contributed by atoms with Crippen molar-refractivity contribution < 1.29 is 14.6 Å². The lowest BCUT2D eigenvalue weighted by Crippen LogP contribution is -2.48. The molecule has 0 aromatic heterocycles. The maximum atomic E-state index is 12.3. The van der Waals surface area contributed by atoms with Gasteiger partial charge in [-0.3, -0.25) is 4.79 Å². The molecular weight excluding hydrogens is 246 g/mol. The molecule has 3 N–H and O–H groups in total. The minimum atomic E-state index is -0.495. The first-order valence-electron chi connectivity index (χ1n) is 6.83. The Labute approximate surface area is 115 Å². The van der Waals surface area contributed by atoms with E-state index in [0.29, 0.717) is 26.0 Å². The average Bonchev–Trinajstić information content (AvgIpc) is 2.68. The van der Waals surface area contributed by atoms with Crippen LogP contribution in [-0.4, -0.2) is 79.9 Å². The molecular formula is C13H27N3O3. The smallest absolute Gasteiger partial charge is 0.239 e. The van der Waals surface area contributed by atoms with Crippen molar-refractivity contribution in [1.82, 2.24) is 9.80 Å². The summed E-state index contributed by atoms with van der Waals surface area (Å²) in [6.07, 6.45) is 1.60. The van der Waals surface area contributed by atoms with Gasteiger partial charge < -0.3 is 25.4 Å². The van der Waals surface area contributed by atoms with E-state index in [1.54, 1.807) is 12.0 Å². The largest absolute Gasteiger partial charge is 0.391 e. The quantitative estimate of drug-likeness (QED) is 0.598. The van der Waals surface area contributed by atoms with Gasteiger partial charge in [0.25, 0.3) is 0 Å². The van der Waals surface area contributed by atoms with Gasteiger partial charge in [-0.2, -0.15) is 0 Å². The van der Waals surface area contributed by atoms with Gasteiger partial charge in [0, 0.05) is 32.8 Å². The molecule has 0 saturated carbocycles. The molecule has 1 heterocycles. The van der Waals surface area contributed by atoms with Gasteiger partial charge in [-0.15, -0.1) is 0 Å². The fraction of sp³-hybridized carbons (Fsp3) is 0.923. The van der Waals surface area contributed by atoms with E-state index in [1.807, 2.05) is 19.0 Å². The first-order chi connectivity index (χ1) is 8.95. The Kier molecular flexibility index (Phi) is 6.71. The maximum absolute atomic E-state index is 12.3. The molecule has 112 valence electrons. The van der Waals surface area contributed by atoms with E-state index in [4.69, 9.17) is 10.5 Å². The fourth-order valence-corrected chi connectivity index (χ4v) is 2.54. The van der Waals surface area contributed by atoms with Crippen LogP contribution in [0.5, 0.6) is 0 Å². The van der Waals surface area contributed by atoms with Crippen LogP contribution in [0.25, 0.3) is 0 Å². The third-order valence-electron chi connectivity index (χ3n) is 3.43. The number of nitrogens with two attached hydrogens (primary N) is 1. The summed E-state index contributed by atoms with van der Waals surface area (Å²) in [5, 5.41) is 9.75. The van der Waals surface area contributed by atoms with Gasteiger partial charge in [0.2, 0.25) is 5.91 Å². The molecule has 1 rings (SSSR count). The Bertz CT molecular complexity index is 286. The second-order valence-electron chi connectivity index (χ2n) is 5.54.